The maximum absolute atomic E-state index is 10.5. The van der Waals surface area contributed by atoms with Crippen molar-refractivity contribution in [3.05, 3.63) is 41.1 Å². The molecule has 1 aliphatic heterocycles. The van der Waals surface area contributed by atoms with Crippen LogP contribution >= 0.6 is 11.6 Å². The first-order valence-electron chi connectivity index (χ1n) is 6.25. The zero-order valence-electron chi connectivity index (χ0n) is 10.6. The SMILES string of the molecule is O=C(O)ON1CC=C(c2c[nH]c3ccc(Cl)cc23)CC1. The van der Waals surface area contributed by atoms with Crippen LogP contribution in [0.15, 0.2) is 30.5 Å². The van der Waals surface area contributed by atoms with Gasteiger partial charge in [-0.3, -0.25) is 0 Å². The van der Waals surface area contributed by atoms with Crippen LogP contribution in [0.5, 0.6) is 0 Å². The number of hydrogen-bond donors (Lipinski definition) is 2. The minimum atomic E-state index is -1.28. The minimum absolute atomic E-state index is 0.453. The molecule has 0 aliphatic carbocycles. The zero-order chi connectivity index (χ0) is 14.1. The molecule has 2 aromatic rings. The van der Waals surface area contributed by atoms with Crippen LogP contribution in [0, 0.1) is 0 Å². The highest BCUT2D eigenvalue weighted by Gasteiger charge is 2.18. The van der Waals surface area contributed by atoms with E-state index in [0.717, 1.165) is 22.9 Å². The molecule has 5 nitrogen and oxygen atoms in total. The van der Waals surface area contributed by atoms with Crippen molar-refractivity contribution in [2.45, 2.75) is 6.42 Å². The van der Waals surface area contributed by atoms with E-state index in [2.05, 4.69) is 9.82 Å². The Balaban J connectivity index is 1.87. The van der Waals surface area contributed by atoms with Gasteiger partial charge in [-0.05, 0) is 30.2 Å². The van der Waals surface area contributed by atoms with Crippen molar-refractivity contribution in [3.63, 3.8) is 0 Å². The van der Waals surface area contributed by atoms with E-state index in [-0.39, 0.29) is 0 Å². The number of carboxylic acid groups (broad SMARTS) is 1. The van der Waals surface area contributed by atoms with Crippen molar-refractivity contribution in [1.29, 1.82) is 0 Å². The number of aromatic nitrogens is 1. The number of nitrogens with zero attached hydrogens (tertiary/aromatic N) is 1. The fourth-order valence-electron chi connectivity index (χ4n) is 2.45. The van der Waals surface area contributed by atoms with Crippen molar-refractivity contribution in [1.82, 2.24) is 10.0 Å². The van der Waals surface area contributed by atoms with Gasteiger partial charge >= 0.3 is 6.16 Å². The van der Waals surface area contributed by atoms with Gasteiger partial charge in [-0.1, -0.05) is 17.7 Å². The first-order valence-corrected chi connectivity index (χ1v) is 6.63. The van der Waals surface area contributed by atoms with E-state index in [1.165, 1.54) is 10.6 Å². The average molecular weight is 293 g/mol. The lowest BCUT2D eigenvalue weighted by molar-refractivity contribution is -0.112. The van der Waals surface area contributed by atoms with Crippen molar-refractivity contribution in [3.8, 4) is 0 Å². The first-order chi connectivity index (χ1) is 9.63. The Bertz CT molecular complexity index is 693. The summed E-state index contributed by atoms with van der Waals surface area (Å²) in [4.78, 5) is 18.3. The molecule has 0 saturated heterocycles. The summed E-state index contributed by atoms with van der Waals surface area (Å²) in [6.45, 7) is 1.00. The van der Waals surface area contributed by atoms with Crippen LogP contribution in [0.4, 0.5) is 4.79 Å². The van der Waals surface area contributed by atoms with Gasteiger partial charge in [0, 0.05) is 34.2 Å². The maximum Gasteiger partial charge on any atom is 0.525 e. The normalized spacial score (nSPS) is 16.1. The summed E-state index contributed by atoms with van der Waals surface area (Å²) in [6, 6.07) is 5.73. The highest BCUT2D eigenvalue weighted by molar-refractivity contribution is 6.31. The van der Waals surface area contributed by atoms with Crippen molar-refractivity contribution < 1.29 is 14.7 Å². The Morgan fingerprint density at radius 3 is 3.00 bits per heavy atom. The number of H-pyrrole nitrogens is 1. The molecule has 0 bridgehead atoms. The molecule has 2 N–H and O–H groups in total. The molecule has 0 amide bonds. The third kappa shape index (κ3) is 2.50. The molecule has 1 aromatic heterocycles. The number of aromatic amines is 1. The molecule has 6 heteroatoms. The summed E-state index contributed by atoms with van der Waals surface area (Å²) < 4.78 is 0. The van der Waals surface area contributed by atoms with Crippen LogP contribution < -0.4 is 0 Å². The highest BCUT2D eigenvalue weighted by atomic mass is 35.5. The average Bonchev–Trinajstić information content (AvgIpc) is 2.82. The van der Waals surface area contributed by atoms with E-state index >= 15 is 0 Å². The summed E-state index contributed by atoms with van der Waals surface area (Å²) in [7, 11) is 0. The summed E-state index contributed by atoms with van der Waals surface area (Å²) in [6.07, 6.45) is 3.39. The van der Waals surface area contributed by atoms with Gasteiger partial charge in [0.2, 0.25) is 0 Å². The molecule has 0 spiro atoms. The van der Waals surface area contributed by atoms with Crippen LogP contribution in [0.3, 0.4) is 0 Å². The zero-order valence-corrected chi connectivity index (χ0v) is 11.4. The molecule has 1 aliphatic rings. The Kier molecular flexibility index (Phi) is 3.38. The lowest BCUT2D eigenvalue weighted by atomic mass is 10.00. The molecule has 3 rings (SSSR count). The molecule has 0 atom stereocenters. The monoisotopic (exact) mass is 292 g/mol. The number of nitrogens with one attached hydrogen (secondary N) is 1. The molecule has 20 heavy (non-hydrogen) atoms. The van der Waals surface area contributed by atoms with E-state index in [9.17, 15) is 4.79 Å². The molecule has 0 saturated carbocycles. The summed E-state index contributed by atoms with van der Waals surface area (Å²) in [5.74, 6) is 0. The van der Waals surface area contributed by atoms with E-state index < -0.39 is 6.16 Å². The predicted octanol–water partition coefficient (Wildman–Crippen LogP) is 3.52. The largest absolute Gasteiger partial charge is 0.525 e. The topological polar surface area (TPSA) is 65.6 Å². The Morgan fingerprint density at radius 2 is 2.30 bits per heavy atom. The van der Waals surface area contributed by atoms with Gasteiger partial charge in [0.1, 0.15) is 0 Å². The Morgan fingerprint density at radius 1 is 1.45 bits per heavy atom. The van der Waals surface area contributed by atoms with Crippen LogP contribution in [0.25, 0.3) is 16.5 Å². The molecule has 0 fully saturated rings. The fraction of sp³-hybridized carbons (Fsp3) is 0.214. The van der Waals surface area contributed by atoms with Gasteiger partial charge in [0.25, 0.3) is 0 Å². The number of hydroxylamine groups is 2. The highest BCUT2D eigenvalue weighted by Crippen LogP contribution is 2.30. The smallest absolute Gasteiger partial charge is 0.448 e. The molecule has 2 heterocycles. The van der Waals surface area contributed by atoms with Crippen LogP contribution in [-0.4, -0.2) is 34.4 Å². The molecular weight excluding hydrogens is 280 g/mol. The van der Waals surface area contributed by atoms with Crippen molar-refractivity contribution in [2.24, 2.45) is 0 Å². The molecular formula is C14H13ClN2O3. The van der Waals surface area contributed by atoms with E-state index in [1.807, 2.05) is 30.5 Å². The van der Waals surface area contributed by atoms with Gasteiger partial charge in [-0.25, -0.2) is 4.79 Å². The van der Waals surface area contributed by atoms with Crippen molar-refractivity contribution >= 4 is 34.2 Å². The number of benzene rings is 1. The van der Waals surface area contributed by atoms with Crippen LogP contribution in [0.2, 0.25) is 5.02 Å². The van der Waals surface area contributed by atoms with Crippen LogP contribution in [-0.2, 0) is 4.84 Å². The van der Waals surface area contributed by atoms with Crippen molar-refractivity contribution in [2.75, 3.05) is 13.1 Å². The number of hydrogen-bond acceptors (Lipinski definition) is 3. The maximum atomic E-state index is 10.5. The minimum Gasteiger partial charge on any atom is -0.448 e. The summed E-state index contributed by atoms with van der Waals surface area (Å²) in [5.41, 5.74) is 3.32. The fourth-order valence-corrected chi connectivity index (χ4v) is 2.62. The standard InChI is InChI=1S/C14H13ClN2O3/c15-10-1-2-13-11(7-10)12(8-16-13)9-3-5-17(6-4-9)20-14(18)19/h1-3,7-8,16H,4-6H2,(H,18,19). The van der Waals surface area contributed by atoms with E-state index in [4.69, 9.17) is 16.7 Å². The van der Waals surface area contributed by atoms with E-state index in [0.29, 0.717) is 18.1 Å². The molecule has 0 radical (unpaired) electrons. The predicted molar refractivity (Wildman–Crippen MR) is 76.6 cm³/mol. The number of rotatable bonds is 2. The lowest BCUT2D eigenvalue weighted by Gasteiger charge is -2.23. The second-order valence-corrected chi connectivity index (χ2v) is 5.05. The summed E-state index contributed by atoms with van der Waals surface area (Å²) in [5, 5.41) is 11.8. The quantitative estimate of drug-likeness (QED) is 0.889. The Labute approximate surface area is 120 Å². The van der Waals surface area contributed by atoms with Gasteiger partial charge in [-0.15, -0.1) is 5.06 Å². The van der Waals surface area contributed by atoms with Gasteiger partial charge in [0.05, 0.1) is 6.54 Å². The second kappa shape index (κ2) is 5.19. The molecule has 0 unspecified atom stereocenters. The molecule has 104 valence electrons. The first kappa shape index (κ1) is 13.0. The van der Waals surface area contributed by atoms with Gasteiger partial charge in [-0.2, -0.15) is 0 Å². The number of fused-ring (bicyclic) bond motifs is 1. The third-order valence-corrected chi connectivity index (χ3v) is 3.60. The van der Waals surface area contributed by atoms with Gasteiger partial charge < -0.3 is 14.9 Å². The number of carbonyl (C=O) groups is 1. The van der Waals surface area contributed by atoms with Crippen LogP contribution in [0.1, 0.15) is 12.0 Å². The Hall–Kier alpha value is -1.98. The lowest BCUT2D eigenvalue weighted by Crippen LogP contribution is -2.30. The third-order valence-electron chi connectivity index (χ3n) is 3.37. The molecule has 1 aromatic carbocycles. The number of halogens is 1. The summed E-state index contributed by atoms with van der Waals surface area (Å²) >= 11 is 6.04. The van der Waals surface area contributed by atoms with Gasteiger partial charge in [0.15, 0.2) is 0 Å². The van der Waals surface area contributed by atoms with E-state index in [1.54, 1.807) is 0 Å². The second-order valence-electron chi connectivity index (χ2n) is 4.62.